The highest BCUT2D eigenvalue weighted by Gasteiger charge is 2.09. The van der Waals surface area contributed by atoms with Gasteiger partial charge < -0.3 is 4.98 Å². The van der Waals surface area contributed by atoms with Crippen molar-refractivity contribution >= 4 is 27.5 Å². The van der Waals surface area contributed by atoms with E-state index in [0.29, 0.717) is 21.0 Å². The Morgan fingerprint density at radius 2 is 2.06 bits per heavy atom. The third kappa shape index (κ3) is 2.42. The number of aryl methyl sites for hydroxylation is 2. The molecule has 0 bridgehead atoms. The average molecular weight is 314 g/mol. The molecule has 0 atom stereocenters. The maximum atomic E-state index is 11.6. The van der Waals surface area contributed by atoms with E-state index in [1.54, 1.807) is 13.0 Å². The normalized spacial score (nSPS) is 10.6. The topological polar surface area (TPSA) is 45.8 Å². The molecule has 0 unspecified atom stereocenters. The quantitative estimate of drug-likeness (QED) is 0.876. The number of nitrogens with one attached hydrogen (secondary N) is 1. The molecule has 88 valence electrons. The minimum absolute atomic E-state index is 0.179. The molecule has 0 aliphatic carbocycles. The largest absolute Gasteiger partial charge is 0.306 e. The second-order valence-corrected chi connectivity index (χ2v) is 5.00. The van der Waals surface area contributed by atoms with E-state index >= 15 is 0 Å². The second-order valence-electron chi connectivity index (χ2n) is 3.77. The van der Waals surface area contributed by atoms with Crippen molar-refractivity contribution in [3.05, 3.63) is 49.3 Å². The summed E-state index contributed by atoms with van der Waals surface area (Å²) in [6.45, 7) is 3.71. The lowest BCUT2D eigenvalue weighted by Gasteiger charge is -2.07. The fraction of sp³-hybridized carbons (Fsp3) is 0.167. The summed E-state index contributed by atoms with van der Waals surface area (Å²) in [5.41, 5.74) is 2.34. The van der Waals surface area contributed by atoms with Crippen LogP contribution in [0.1, 0.15) is 11.3 Å². The van der Waals surface area contributed by atoms with Crippen LogP contribution in [-0.2, 0) is 0 Å². The molecule has 0 fully saturated rings. The van der Waals surface area contributed by atoms with Crippen molar-refractivity contribution in [1.82, 2.24) is 9.97 Å². The lowest BCUT2D eigenvalue weighted by atomic mass is 10.1. The van der Waals surface area contributed by atoms with Gasteiger partial charge in [0.05, 0.1) is 5.69 Å². The molecule has 2 aromatic rings. The van der Waals surface area contributed by atoms with Crippen LogP contribution >= 0.6 is 27.5 Å². The molecule has 0 saturated heterocycles. The van der Waals surface area contributed by atoms with Crippen molar-refractivity contribution in [3.63, 3.8) is 0 Å². The molecule has 0 radical (unpaired) electrons. The van der Waals surface area contributed by atoms with Gasteiger partial charge in [0.15, 0.2) is 0 Å². The molecule has 0 aliphatic rings. The van der Waals surface area contributed by atoms with Crippen LogP contribution in [0.2, 0.25) is 5.02 Å². The van der Waals surface area contributed by atoms with Gasteiger partial charge in [0.2, 0.25) is 0 Å². The van der Waals surface area contributed by atoms with E-state index in [9.17, 15) is 4.79 Å². The summed E-state index contributed by atoms with van der Waals surface area (Å²) in [6, 6.07) is 5.47. The summed E-state index contributed by atoms with van der Waals surface area (Å²) in [5, 5.41) is 0.669. The first kappa shape index (κ1) is 12.3. The fourth-order valence-corrected chi connectivity index (χ4v) is 2.01. The number of aromatic nitrogens is 2. The van der Waals surface area contributed by atoms with Crippen molar-refractivity contribution in [2.45, 2.75) is 13.8 Å². The SMILES string of the molecule is Cc1cc(Cl)ccc1-c1nc(C)c(Br)c(=O)[nH]1. The lowest BCUT2D eigenvalue weighted by Crippen LogP contribution is -2.12. The van der Waals surface area contributed by atoms with Gasteiger partial charge in [-0.05, 0) is 53.5 Å². The Kier molecular flexibility index (Phi) is 3.35. The zero-order valence-corrected chi connectivity index (χ0v) is 11.7. The maximum absolute atomic E-state index is 11.6. The molecule has 1 heterocycles. The summed E-state index contributed by atoms with van der Waals surface area (Å²) < 4.78 is 0.466. The van der Waals surface area contributed by atoms with Crippen molar-refractivity contribution in [2.24, 2.45) is 0 Å². The van der Waals surface area contributed by atoms with Gasteiger partial charge in [-0.15, -0.1) is 0 Å². The van der Waals surface area contributed by atoms with Crippen LogP contribution in [-0.4, -0.2) is 9.97 Å². The van der Waals surface area contributed by atoms with Gasteiger partial charge in [0.1, 0.15) is 10.3 Å². The minimum atomic E-state index is -0.179. The van der Waals surface area contributed by atoms with Crippen LogP contribution in [0.25, 0.3) is 11.4 Å². The molecule has 1 aromatic carbocycles. The summed E-state index contributed by atoms with van der Waals surface area (Å²) >= 11 is 9.08. The first-order valence-corrected chi connectivity index (χ1v) is 6.19. The minimum Gasteiger partial charge on any atom is -0.306 e. The first-order valence-electron chi connectivity index (χ1n) is 5.02. The predicted molar refractivity (Wildman–Crippen MR) is 72.5 cm³/mol. The predicted octanol–water partition coefficient (Wildman–Crippen LogP) is 3.47. The Morgan fingerprint density at radius 1 is 1.35 bits per heavy atom. The second kappa shape index (κ2) is 4.63. The van der Waals surface area contributed by atoms with E-state index in [2.05, 4.69) is 25.9 Å². The van der Waals surface area contributed by atoms with Crippen molar-refractivity contribution in [2.75, 3.05) is 0 Å². The summed E-state index contributed by atoms with van der Waals surface area (Å²) in [7, 11) is 0. The third-order valence-corrected chi connectivity index (χ3v) is 3.64. The number of H-pyrrole nitrogens is 1. The highest BCUT2D eigenvalue weighted by atomic mass is 79.9. The molecular weight excluding hydrogens is 304 g/mol. The van der Waals surface area contributed by atoms with Crippen molar-refractivity contribution < 1.29 is 0 Å². The van der Waals surface area contributed by atoms with E-state index in [1.807, 2.05) is 19.1 Å². The zero-order valence-electron chi connectivity index (χ0n) is 9.34. The molecule has 0 saturated carbocycles. The van der Waals surface area contributed by atoms with Gasteiger partial charge in [-0.1, -0.05) is 11.6 Å². The molecule has 5 heteroatoms. The van der Waals surface area contributed by atoms with Gasteiger partial charge >= 0.3 is 0 Å². The molecule has 2 rings (SSSR count). The van der Waals surface area contributed by atoms with Crippen LogP contribution < -0.4 is 5.56 Å². The number of benzene rings is 1. The Labute approximate surface area is 112 Å². The molecule has 0 amide bonds. The van der Waals surface area contributed by atoms with Gasteiger partial charge in [-0.3, -0.25) is 4.79 Å². The summed E-state index contributed by atoms with van der Waals surface area (Å²) in [6.07, 6.45) is 0. The maximum Gasteiger partial charge on any atom is 0.265 e. The van der Waals surface area contributed by atoms with E-state index < -0.39 is 0 Å². The number of nitrogens with zero attached hydrogens (tertiary/aromatic N) is 1. The van der Waals surface area contributed by atoms with E-state index in [1.165, 1.54) is 0 Å². The Bertz CT molecular complexity index is 637. The zero-order chi connectivity index (χ0) is 12.6. The van der Waals surface area contributed by atoms with E-state index in [-0.39, 0.29) is 5.56 Å². The van der Waals surface area contributed by atoms with E-state index in [0.717, 1.165) is 11.1 Å². The average Bonchev–Trinajstić information content (AvgIpc) is 2.25. The summed E-state index contributed by atoms with van der Waals surface area (Å²) in [5.74, 6) is 0.560. The fourth-order valence-electron chi connectivity index (χ4n) is 1.59. The number of hydrogen-bond donors (Lipinski definition) is 1. The first-order chi connectivity index (χ1) is 7.99. The van der Waals surface area contributed by atoms with Gasteiger partial charge in [0.25, 0.3) is 5.56 Å². The molecule has 1 N–H and O–H groups in total. The van der Waals surface area contributed by atoms with E-state index in [4.69, 9.17) is 11.6 Å². The van der Waals surface area contributed by atoms with Gasteiger partial charge in [-0.2, -0.15) is 0 Å². The number of halogens is 2. The Balaban J connectivity index is 2.65. The molecule has 0 spiro atoms. The third-order valence-electron chi connectivity index (χ3n) is 2.47. The molecular formula is C12H10BrClN2O. The van der Waals surface area contributed by atoms with Crippen molar-refractivity contribution in [3.8, 4) is 11.4 Å². The van der Waals surface area contributed by atoms with Crippen LogP contribution in [0.5, 0.6) is 0 Å². The Morgan fingerprint density at radius 3 is 2.65 bits per heavy atom. The molecule has 0 aliphatic heterocycles. The van der Waals surface area contributed by atoms with Crippen molar-refractivity contribution in [1.29, 1.82) is 0 Å². The molecule has 1 aromatic heterocycles. The highest BCUT2D eigenvalue weighted by molar-refractivity contribution is 9.10. The van der Waals surface area contributed by atoms with Gasteiger partial charge in [0, 0.05) is 10.6 Å². The van der Waals surface area contributed by atoms with Crippen LogP contribution in [0.4, 0.5) is 0 Å². The van der Waals surface area contributed by atoms with Gasteiger partial charge in [-0.25, -0.2) is 4.98 Å². The number of hydrogen-bond acceptors (Lipinski definition) is 2. The molecule has 17 heavy (non-hydrogen) atoms. The van der Waals surface area contributed by atoms with Crippen LogP contribution in [0.15, 0.2) is 27.5 Å². The van der Waals surface area contributed by atoms with Crippen LogP contribution in [0, 0.1) is 13.8 Å². The molecule has 3 nitrogen and oxygen atoms in total. The lowest BCUT2D eigenvalue weighted by molar-refractivity contribution is 1.05. The smallest absolute Gasteiger partial charge is 0.265 e. The number of aromatic amines is 1. The standard InChI is InChI=1S/C12H10BrClN2O/c1-6-5-8(14)3-4-9(6)11-15-7(2)10(13)12(17)16-11/h3-5H,1-2H3,(H,15,16,17). The number of rotatable bonds is 1. The monoisotopic (exact) mass is 312 g/mol. The summed E-state index contributed by atoms with van der Waals surface area (Å²) in [4.78, 5) is 18.7. The Hall–Kier alpha value is -1.13. The highest BCUT2D eigenvalue weighted by Crippen LogP contribution is 2.23. The van der Waals surface area contributed by atoms with Crippen LogP contribution in [0.3, 0.4) is 0 Å².